The monoisotopic (exact) mass is 412 g/mol. The topological polar surface area (TPSA) is 90.0 Å². The molecular weight excluding hydrogens is 384 g/mol. The van der Waals surface area contributed by atoms with E-state index in [1.807, 2.05) is 11.8 Å². The van der Waals surface area contributed by atoms with Crippen LogP contribution in [-0.2, 0) is 14.4 Å². The molecule has 0 saturated carbocycles. The van der Waals surface area contributed by atoms with E-state index in [0.29, 0.717) is 62.3 Å². The zero-order valence-electron chi connectivity index (χ0n) is 17.4. The summed E-state index contributed by atoms with van der Waals surface area (Å²) in [5.41, 5.74) is 1.80. The predicted molar refractivity (Wildman–Crippen MR) is 112 cm³/mol. The molecule has 0 radical (unpaired) electrons. The first-order valence-electron chi connectivity index (χ1n) is 10.8. The molecule has 4 amide bonds. The van der Waals surface area contributed by atoms with Gasteiger partial charge >= 0.3 is 0 Å². The molecule has 1 aromatic carbocycles. The van der Waals surface area contributed by atoms with Crippen molar-refractivity contribution in [2.45, 2.75) is 51.5 Å². The SMILES string of the molecule is CCCN1C(=O)[C@H]2CCC(=O)N2c2ccc(C(=O)NCCCN3CCCC3=O)cc21. The van der Waals surface area contributed by atoms with E-state index < -0.39 is 6.04 Å². The lowest BCUT2D eigenvalue weighted by Crippen LogP contribution is -2.52. The number of hydrogen-bond acceptors (Lipinski definition) is 4. The lowest BCUT2D eigenvalue weighted by molar-refractivity contribution is -0.127. The molecule has 0 aliphatic carbocycles. The van der Waals surface area contributed by atoms with Crippen molar-refractivity contribution < 1.29 is 19.2 Å². The van der Waals surface area contributed by atoms with Crippen LogP contribution in [0.25, 0.3) is 0 Å². The van der Waals surface area contributed by atoms with Crippen molar-refractivity contribution in [1.29, 1.82) is 0 Å². The largest absolute Gasteiger partial charge is 0.352 e. The van der Waals surface area contributed by atoms with Crippen molar-refractivity contribution in [2.75, 3.05) is 36.0 Å². The van der Waals surface area contributed by atoms with Gasteiger partial charge in [0.1, 0.15) is 6.04 Å². The van der Waals surface area contributed by atoms with Gasteiger partial charge in [0.25, 0.3) is 5.91 Å². The predicted octanol–water partition coefficient (Wildman–Crippen LogP) is 1.68. The lowest BCUT2D eigenvalue weighted by atomic mass is 10.0. The van der Waals surface area contributed by atoms with Gasteiger partial charge in [-0.05, 0) is 43.9 Å². The molecule has 3 aliphatic heterocycles. The minimum atomic E-state index is -0.426. The third kappa shape index (κ3) is 3.66. The molecule has 0 spiro atoms. The Kier molecular flexibility index (Phi) is 5.74. The number of nitrogens with zero attached hydrogens (tertiary/aromatic N) is 3. The van der Waals surface area contributed by atoms with Crippen molar-refractivity contribution in [1.82, 2.24) is 10.2 Å². The molecule has 2 saturated heterocycles. The number of amides is 4. The Morgan fingerprint density at radius 2 is 1.93 bits per heavy atom. The van der Waals surface area contributed by atoms with Gasteiger partial charge in [-0.2, -0.15) is 0 Å². The van der Waals surface area contributed by atoms with Crippen molar-refractivity contribution in [3.63, 3.8) is 0 Å². The van der Waals surface area contributed by atoms with Crippen LogP contribution in [-0.4, -0.2) is 60.7 Å². The number of carbonyl (C=O) groups is 4. The highest BCUT2D eigenvalue weighted by molar-refractivity contribution is 6.15. The number of hydrogen-bond donors (Lipinski definition) is 1. The van der Waals surface area contributed by atoms with Gasteiger partial charge in [0, 0.05) is 44.6 Å². The summed E-state index contributed by atoms with van der Waals surface area (Å²) in [5.74, 6) is -0.141. The highest BCUT2D eigenvalue weighted by Crippen LogP contribution is 2.41. The van der Waals surface area contributed by atoms with E-state index in [0.717, 1.165) is 19.4 Å². The quantitative estimate of drug-likeness (QED) is 0.690. The molecule has 160 valence electrons. The fourth-order valence-electron chi connectivity index (χ4n) is 4.57. The maximum absolute atomic E-state index is 12.9. The average molecular weight is 412 g/mol. The second kappa shape index (κ2) is 8.45. The van der Waals surface area contributed by atoms with Gasteiger partial charge in [-0.25, -0.2) is 0 Å². The molecule has 3 aliphatic rings. The molecule has 1 aromatic rings. The molecular formula is C22H28N4O4. The molecule has 0 aromatic heterocycles. The average Bonchev–Trinajstić information content (AvgIpc) is 3.33. The molecule has 30 heavy (non-hydrogen) atoms. The Balaban J connectivity index is 1.46. The number of benzene rings is 1. The van der Waals surface area contributed by atoms with Crippen LogP contribution in [0.4, 0.5) is 11.4 Å². The molecule has 8 nitrogen and oxygen atoms in total. The van der Waals surface area contributed by atoms with Gasteiger partial charge in [-0.3, -0.25) is 24.1 Å². The minimum Gasteiger partial charge on any atom is -0.352 e. The van der Waals surface area contributed by atoms with Gasteiger partial charge in [0.15, 0.2) is 0 Å². The summed E-state index contributed by atoms with van der Waals surface area (Å²) in [7, 11) is 0. The number of fused-ring (bicyclic) bond motifs is 3. The van der Waals surface area contributed by atoms with Gasteiger partial charge in [-0.15, -0.1) is 0 Å². The molecule has 0 unspecified atom stereocenters. The van der Waals surface area contributed by atoms with Crippen molar-refractivity contribution >= 4 is 35.0 Å². The van der Waals surface area contributed by atoms with Gasteiger partial charge in [0.2, 0.25) is 17.7 Å². The highest BCUT2D eigenvalue weighted by atomic mass is 16.2. The molecule has 2 fully saturated rings. The van der Waals surface area contributed by atoms with Gasteiger partial charge in [0.05, 0.1) is 11.4 Å². The second-order valence-electron chi connectivity index (χ2n) is 8.11. The van der Waals surface area contributed by atoms with E-state index in [9.17, 15) is 19.2 Å². The second-order valence-corrected chi connectivity index (χ2v) is 8.11. The summed E-state index contributed by atoms with van der Waals surface area (Å²) in [6, 6.07) is 4.77. The maximum atomic E-state index is 12.9. The molecule has 1 atom stereocenters. The smallest absolute Gasteiger partial charge is 0.251 e. The molecule has 8 heteroatoms. The Morgan fingerprint density at radius 1 is 1.10 bits per heavy atom. The summed E-state index contributed by atoms with van der Waals surface area (Å²) >= 11 is 0. The number of nitrogens with one attached hydrogen (secondary N) is 1. The third-order valence-corrected chi connectivity index (χ3v) is 6.06. The van der Waals surface area contributed by atoms with E-state index in [1.54, 1.807) is 28.0 Å². The van der Waals surface area contributed by atoms with Crippen LogP contribution in [0.1, 0.15) is 55.8 Å². The van der Waals surface area contributed by atoms with E-state index in [-0.39, 0.29) is 23.6 Å². The highest BCUT2D eigenvalue weighted by Gasteiger charge is 2.44. The Morgan fingerprint density at radius 3 is 2.67 bits per heavy atom. The van der Waals surface area contributed by atoms with Crippen molar-refractivity contribution in [3.05, 3.63) is 23.8 Å². The Labute approximate surface area is 176 Å². The molecule has 4 rings (SSSR count). The number of carbonyl (C=O) groups excluding carboxylic acids is 4. The van der Waals surface area contributed by atoms with Crippen LogP contribution in [0.15, 0.2) is 18.2 Å². The first-order chi connectivity index (χ1) is 14.5. The Hall–Kier alpha value is -2.90. The van der Waals surface area contributed by atoms with E-state index in [4.69, 9.17) is 0 Å². The van der Waals surface area contributed by atoms with E-state index >= 15 is 0 Å². The van der Waals surface area contributed by atoms with Crippen LogP contribution in [0.2, 0.25) is 0 Å². The number of anilines is 2. The molecule has 1 N–H and O–H groups in total. The normalized spacial score (nSPS) is 20.6. The molecule has 0 bridgehead atoms. The summed E-state index contributed by atoms with van der Waals surface area (Å²) in [4.78, 5) is 54.8. The van der Waals surface area contributed by atoms with Crippen LogP contribution in [0, 0.1) is 0 Å². The molecule has 3 heterocycles. The summed E-state index contributed by atoms with van der Waals surface area (Å²) < 4.78 is 0. The van der Waals surface area contributed by atoms with Crippen molar-refractivity contribution in [2.24, 2.45) is 0 Å². The Bertz CT molecular complexity index is 884. The fraction of sp³-hybridized carbons (Fsp3) is 0.545. The minimum absolute atomic E-state index is 0.0422. The zero-order chi connectivity index (χ0) is 21.3. The third-order valence-electron chi connectivity index (χ3n) is 6.06. The number of rotatable bonds is 7. The van der Waals surface area contributed by atoms with E-state index in [1.165, 1.54) is 0 Å². The number of likely N-dealkylation sites (tertiary alicyclic amines) is 1. The van der Waals surface area contributed by atoms with Crippen molar-refractivity contribution in [3.8, 4) is 0 Å². The van der Waals surface area contributed by atoms with Gasteiger partial charge in [-0.1, -0.05) is 6.92 Å². The maximum Gasteiger partial charge on any atom is 0.251 e. The summed E-state index contributed by atoms with van der Waals surface area (Å²) in [5, 5.41) is 2.90. The summed E-state index contributed by atoms with van der Waals surface area (Å²) in [6.07, 6.45) is 3.93. The van der Waals surface area contributed by atoms with Crippen LogP contribution in [0.3, 0.4) is 0 Å². The van der Waals surface area contributed by atoms with Crippen LogP contribution in [0.5, 0.6) is 0 Å². The first-order valence-corrected chi connectivity index (χ1v) is 10.8. The first kappa shape index (κ1) is 20.4. The zero-order valence-corrected chi connectivity index (χ0v) is 17.4. The van der Waals surface area contributed by atoms with E-state index in [2.05, 4.69) is 5.32 Å². The van der Waals surface area contributed by atoms with Gasteiger partial charge < -0.3 is 15.1 Å². The fourth-order valence-corrected chi connectivity index (χ4v) is 4.57. The van der Waals surface area contributed by atoms with Crippen LogP contribution < -0.4 is 15.1 Å². The standard InChI is InChI=1S/C22H28N4O4/c1-2-11-25-18-14-15(21(29)23-10-4-13-24-12-3-5-19(24)27)6-7-16(18)26-17(22(25)30)8-9-20(26)28/h6-7,14,17H,2-5,8-13H2,1H3,(H,23,29)/t17-/m1/s1. The lowest BCUT2D eigenvalue weighted by Gasteiger charge is -2.38. The summed E-state index contributed by atoms with van der Waals surface area (Å²) in [6.45, 7) is 4.49. The van der Waals surface area contributed by atoms with Crippen LogP contribution >= 0.6 is 0 Å².